The van der Waals surface area contributed by atoms with E-state index in [0.29, 0.717) is 5.82 Å². The summed E-state index contributed by atoms with van der Waals surface area (Å²) in [5.74, 6) is 0.293. The molecule has 0 unspecified atom stereocenters. The number of rotatable bonds is 4. The maximum atomic E-state index is 12.1. The van der Waals surface area contributed by atoms with Crippen molar-refractivity contribution in [2.24, 2.45) is 0 Å². The van der Waals surface area contributed by atoms with Crippen LogP contribution in [0.1, 0.15) is 11.1 Å². The maximum absolute atomic E-state index is 12.1. The Morgan fingerprint density at radius 3 is 2.58 bits per heavy atom. The molecule has 24 heavy (non-hydrogen) atoms. The lowest BCUT2D eigenvalue weighted by molar-refractivity contribution is -0.111. The van der Waals surface area contributed by atoms with Gasteiger partial charge in [-0.1, -0.05) is 28.1 Å². The summed E-state index contributed by atoms with van der Waals surface area (Å²) in [5.41, 5.74) is 3.67. The minimum absolute atomic E-state index is 0.228. The van der Waals surface area contributed by atoms with Crippen molar-refractivity contribution in [3.63, 3.8) is 0 Å². The number of nitrogens with zero attached hydrogens (tertiary/aromatic N) is 2. The summed E-state index contributed by atoms with van der Waals surface area (Å²) >= 11 is 3.38. The van der Waals surface area contributed by atoms with Gasteiger partial charge in [0.1, 0.15) is 0 Å². The summed E-state index contributed by atoms with van der Waals surface area (Å²) in [6, 6.07) is 11.5. The highest BCUT2D eigenvalue weighted by atomic mass is 79.9. The number of carbonyl (C=O) groups excluding carboxylic acids is 1. The third kappa shape index (κ3) is 3.78. The van der Waals surface area contributed by atoms with Gasteiger partial charge < -0.3 is 5.32 Å². The highest BCUT2D eigenvalue weighted by Crippen LogP contribution is 2.25. The molecule has 1 aromatic carbocycles. The van der Waals surface area contributed by atoms with E-state index in [0.717, 1.165) is 26.9 Å². The van der Waals surface area contributed by atoms with Crippen molar-refractivity contribution in [3.8, 4) is 11.3 Å². The van der Waals surface area contributed by atoms with Crippen molar-refractivity contribution in [3.05, 3.63) is 70.5 Å². The molecule has 3 aromatic rings. The SMILES string of the molecule is Cc1c(NC(=O)C=Cc2ccc(Br)cc2)n[nH]c1-c1ccncc1. The number of halogens is 1. The standard InChI is InChI=1S/C18H15BrN4O/c1-12-17(14-8-10-20-11-9-14)22-23-18(12)21-16(24)7-4-13-2-5-15(19)6-3-13/h2-11H,1H3,(H2,21,22,23,24). The van der Waals surface area contributed by atoms with Crippen molar-refractivity contribution < 1.29 is 4.79 Å². The van der Waals surface area contributed by atoms with Gasteiger partial charge in [-0.05, 0) is 42.8 Å². The summed E-state index contributed by atoms with van der Waals surface area (Å²) in [6.45, 7) is 1.91. The summed E-state index contributed by atoms with van der Waals surface area (Å²) in [5, 5.41) is 9.92. The normalized spacial score (nSPS) is 10.9. The molecule has 120 valence electrons. The van der Waals surface area contributed by atoms with Gasteiger partial charge in [-0.2, -0.15) is 5.10 Å². The molecule has 0 aliphatic rings. The second-order valence-electron chi connectivity index (χ2n) is 5.18. The Morgan fingerprint density at radius 2 is 1.88 bits per heavy atom. The fraction of sp³-hybridized carbons (Fsp3) is 0.0556. The van der Waals surface area contributed by atoms with Crippen LogP contribution in [0.2, 0.25) is 0 Å². The average Bonchev–Trinajstić information content (AvgIpc) is 2.96. The number of amides is 1. The van der Waals surface area contributed by atoms with E-state index in [-0.39, 0.29) is 5.91 Å². The molecule has 1 amide bonds. The van der Waals surface area contributed by atoms with Crippen molar-refractivity contribution >= 4 is 33.7 Å². The molecule has 0 atom stereocenters. The quantitative estimate of drug-likeness (QED) is 0.664. The molecule has 0 saturated heterocycles. The molecule has 5 nitrogen and oxygen atoms in total. The molecule has 0 fully saturated rings. The Kier molecular flexibility index (Phi) is 4.86. The van der Waals surface area contributed by atoms with Crippen LogP contribution in [-0.2, 0) is 4.79 Å². The number of anilines is 1. The van der Waals surface area contributed by atoms with E-state index in [9.17, 15) is 4.79 Å². The first kappa shape index (κ1) is 16.1. The average molecular weight is 383 g/mol. The van der Waals surface area contributed by atoms with Gasteiger partial charge in [0, 0.05) is 34.1 Å². The monoisotopic (exact) mass is 382 g/mol. The van der Waals surface area contributed by atoms with Gasteiger partial charge in [0.2, 0.25) is 5.91 Å². The number of carbonyl (C=O) groups is 1. The molecule has 6 heteroatoms. The van der Waals surface area contributed by atoms with Gasteiger partial charge in [0.15, 0.2) is 5.82 Å². The van der Waals surface area contributed by atoms with Crippen molar-refractivity contribution in [2.75, 3.05) is 5.32 Å². The molecule has 2 aromatic heterocycles. The van der Waals surface area contributed by atoms with Crippen LogP contribution in [0.3, 0.4) is 0 Å². The first-order valence-corrected chi connectivity index (χ1v) is 8.13. The van der Waals surface area contributed by atoms with Crippen LogP contribution in [0, 0.1) is 6.92 Å². The molecular weight excluding hydrogens is 368 g/mol. The van der Waals surface area contributed by atoms with Crippen LogP contribution in [0.15, 0.2) is 59.3 Å². The summed E-state index contributed by atoms with van der Waals surface area (Å²) in [7, 11) is 0. The number of aromatic amines is 1. The van der Waals surface area contributed by atoms with Gasteiger partial charge in [-0.3, -0.25) is 14.9 Å². The molecule has 0 radical (unpaired) electrons. The lowest BCUT2D eigenvalue weighted by Crippen LogP contribution is -2.09. The van der Waals surface area contributed by atoms with Gasteiger partial charge in [-0.25, -0.2) is 0 Å². The van der Waals surface area contributed by atoms with E-state index in [4.69, 9.17) is 0 Å². The van der Waals surface area contributed by atoms with Crippen LogP contribution in [0.4, 0.5) is 5.82 Å². The number of nitrogens with one attached hydrogen (secondary N) is 2. The predicted molar refractivity (Wildman–Crippen MR) is 98.4 cm³/mol. The molecule has 0 bridgehead atoms. The number of H-pyrrole nitrogens is 1. The Balaban J connectivity index is 1.71. The molecule has 3 rings (SSSR count). The predicted octanol–water partition coefficient (Wildman–Crippen LogP) is 4.19. The molecule has 0 saturated carbocycles. The van der Waals surface area contributed by atoms with Crippen molar-refractivity contribution in [1.29, 1.82) is 0 Å². The Morgan fingerprint density at radius 1 is 1.17 bits per heavy atom. The first-order chi connectivity index (χ1) is 11.6. The number of hydrogen-bond donors (Lipinski definition) is 2. The molecule has 0 aliphatic heterocycles. The third-order valence-corrected chi connectivity index (χ3v) is 4.05. The van der Waals surface area contributed by atoms with E-state index < -0.39 is 0 Å². The fourth-order valence-electron chi connectivity index (χ4n) is 2.22. The van der Waals surface area contributed by atoms with E-state index in [1.165, 1.54) is 6.08 Å². The minimum atomic E-state index is -0.228. The van der Waals surface area contributed by atoms with Crippen LogP contribution in [-0.4, -0.2) is 21.1 Å². The molecule has 0 aliphatic carbocycles. The Hall–Kier alpha value is -2.73. The summed E-state index contributed by atoms with van der Waals surface area (Å²) in [4.78, 5) is 16.1. The summed E-state index contributed by atoms with van der Waals surface area (Å²) in [6.07, 6.45) is 6.68. The highest BCUT2D eigenvalue weighted by Gasteiger charge is 2.11. The van der Waals surface area contributed by atoms with Gasteiger partial charge in [-0.15, -0.1) is 0 Å². The zero-order valence-electron chi connectivity index (χ0n) is 13.0. The Labute approximate surface area is 148 Å². The minimum Gasteiger partial charge on any atom is -0.305 e. The topological polar surface area (TPSA) is 70.7 Å². The van der Waals surface area contributed by atoms with E-state index in [1.807, 2.05) is 43.3 Å². The number of pyridine rings is 1. The highest BCUT2D eigenvalue weighted by molar-refractivity contribution is 9.10. The van der Waals surface area contributed by atoms with Crippen LogP contribution >= 0.6 is 15.9 Å². The second-order valence-corrected chi connectivity index (χ2v) is 6.10. The Bertz CT molecular complexity index is 870. The van der Waals surface area contributed by atoms with Crippen molar-refractivity contribution in [1.82, 2.24) is 15.2 Å². The zero-order chi connectivity index (χ0) is 16.9. The molecule has 0 spiro atoms. The lowest BCUT2D eigenvalue weighted by atomic mass is 10.1. The second kappa shape index (κ2) is 7.23. The fourth-order valence-corrected chi connectivity index (χ4v) is 2.49. The third-order valence-electron chi connectivity index (χ3n) is 3.52. The number of aromatic nitrogens is 3. The zero-order valence-corrected chi connectivity index (χ0v) is 14.5. The van der Waals surface area contributed by atoms with Crippen molar-refractivity contribution in [2.45, 2.75) is 6.92 Å². The van der Waals surface area contributed by atoms with E-state index >= 15 is 0 Å². The van der Waals surface area contributed by atoms with Crippen LogP contribution in [0.25, 0.3) is 17.3 Å². The lowest BCUT2D eigenvalue weighted by Gasteiger charge is -2.01. The molecule has 2 heterocycles. The maximum Gasteiger partial charge on any atom is 0.249 e. The van der Waals surface area contributed by atoms with Gasteiger partial charge >= 0.3 is 0 Å². The van der Waals surface area contributed by atoms with Gasteiger partial charge in [0.25, 0.3) is 0 Å². The number of hydrogen-bond acceptors (Lipinski definition) is 3. The van der Waals surface area contributed by atoms with E-state index in [1.54, 1.807) is 18.5 Å². The van der Waals surface area contributed by atoms with Crippen LogP contribution < -0.4 is 5.32 Å². The number of benzene rings is 1. The van der Waals surface area contributed by atoms with Crippen LogP contribution in [0.5, 0.6) is 0 Å². The first-order valence-electron chi connectivity index (χ1n) is 7.33. The summed E-state index contributed by atoms with van der Waals surface area (Å²) < 4.78 is 1.000. The largest absolute Gasteiger partial charge is 0.305 e. The smallest absolute Gasteiger partial charge is 0.249 e. The van der Waals surface area contributed by atoms with E-state index in [2.05, 4.69) is 36.4 Å². The molecular formula is C18H15BrN4O. The van der Waals surface area contributed by atoms with Gasteiger partial charge in [0.05, 0.1) is 5.69 Å². The molecule has 2 N–H and O–H groups in total.